The maximum atomic E-state index is 12.3. The molecule has 0 radical (unpaired) electrons. The Kier molecular flexibility index (Phi) is 8.13. The Balaban J connectivity index is 1.07. The van der Waals surface area contributed by atoms with Gasteiger partial charge in [0.15, 0.2) is 0 Å². The molecule has 0 spiro atoms. The fraction of sp³-hybridized carbons (Fsp3) is 0.407. The summed E-state index contributed by atoms with van der Waals surface area (Å²) in [5.74, 6) is -2.18. The molecule has 2 heterocycles. The van der Waals surface area contributed by atoms with Gasteiger partial charge in [0.05, 0.1) is 0 Å². The first-order chi connectivity index (χ1) is 17.0. The van der Waals surface area contributed by atoms with Crippen molar-refractivity contribution in [3.8, 4) is 0 Å². The van der Waals surface area contributed by atoms with Crippen molar-refractivity contribution in [2.45, 2.75) is 44.3 Å². The molecule has 2 aliphatic heterocycles. The molecule has 184 valence electrons. The monoisotopic (exact) mass is 478 g/mol. The number of carbonyl (C=O) groups is 4. The minimum atomic E-state index is -0.588. The molecule has 2 aliphatic carbocycles. The van der Waals surface area contributed by atoms with E-state index in [1.807, 2.05) is 36.5 Å². The third-order valence-electron chi connectivity index (χ3n) is 6.31. The summed E-state index contributed by atoms with van der Waals surface area (Å²) in [6.07, 6.45) is 21.9. The number of hydrogen-bond acceptors (Lipinski definition) is 6. The highest BCUT2D eigenvalue weighted by molar-refractivity contribution is 6.17. The van der Waals surface area contributed by atoms with Gasteiger partial charge in [-0.25, -0.2) is 9.59 Å². The van der Waals surface area contributed by atoms with Crippen LogP contribution in [0, 0.1) is 11.8 Å². The Bertz CT molecular complexity index is 966. The van der Waals surface area contributed by atoms with Gasteiger partial charge in [0.2, 0.25) is 0 Å². The number of fused-ring (bicyclic) bond motifs is 2. The van der Waals surface area contributed by atoms with Crippen molar-refractivity contribution >= 4 is 23.8 Å². The zero-order valence-electron chi connectivity index (χ0n) is 19.5. The van der Waals surface area contributed by atoms with E-state index in [2.05, 4.69) is 10.6 Å². The largest absolute Gasteiger partial charge is 0.453 e. The lowest BCUT2D eigenvalue weighted by Crippen LogP contribution is -2.37. The molecule has 0 saturated heterocycles. The van der Waals surface area contributed by atoms with Crippen molar-refractivity contribution in [3.63, 3.8) is 0 Å². The van der Waals surface area contributed by atoms with E-state index in [0.717, 1.165) is 32.1 Å². The van der Waals surface area contributed by atoms with E-state index in [1.165, 1.54) is 0 Å². The van der Waals surface area contributed by atoms with Crippen molar-refractivity contribution in [1.82, 2.24) is 10.6 Å². The molecule has 0 bridgehead atoms. The van der Waals surface area contributed by atoms with Crippen molar-refractivity contribution in [2.24, 2.45) is 11.8 Å². The number of ether oxygens (including phenoxy) is 2. The Morgan fingerprint density at radius 3 is 1.49 bits per heavy atom. The molecule has 0 saturated carbocycles. The van der Waals surface area contributed by atoms with Gasteiger partial charge >= 0.3 is 11.9 Å². The van der Waals surface area contributed by atoms with Crippen molar-refractivity contribution < 1.29 is 28.7 Å². The fourth-order valence-electron chi connectivity index (χ4n) is 4.35. The van der Waals surface area contributed by atoms with Crippen LogP contribution in [0.15, 0.2) is 71.9 Å². The lowest BCUT2D eigenvalue weighted by atomic mass is 9.92. The van der Waals surface area contributed by atoms with E-state index >= 15 is 0 Å². The SMILES string of the molecule is O=C(NCCCCCCCNC(=O)C1=CC2C=CC=CC2OC1=O)C1=CC2C=CC=CC2OC1=O. The first-order valence-corrected chi connectivity index (χ1v) is 12.1. The number of allylic oxidation sites excluding steroid dienone is 4. The van der Waals surface area contributed by atoms with Gasteiger partial charge in [-0.1, -0.05) is 67.9 Å². The van der Waals surface area contributed by atoms with E-state index in [4.69, 9.17) is 9.47 Å². The smallest absolute Gasteiger partial charge is 0.344 e. The van der Waals surface area contributed by atoms with Crippen LogP contribution in [-0.2, 0) is 28.7 Å². The Labute approximate surface area is 204 Å². The van der Waals surface area contributed by atoms with E-state index in [1.54, 1.807) is 24.3 Å². The molecular weight excluding hydrogens is 448 g/mol. The molecule has 2 amide bonds. The molecule has 0 aromatic heterocycles. The lowest BCUT2D eigenvalue weighted by molar-refractivity contribution is -0.147. The highest BCUT2D eigenvalue weighted by Crippen LogP contribution is 2.26. The molecule has 4 unspecified atom stereocenters. The Morgan fingerprint density at radius 2 is 1.03 bits per heavy atom. The van der Waals surface area contributed by atoms with Crippen LogP contribution in [0.1, 0.15) is 32.1 Å². The van der Waals surface area contributed by atoms with E-state index in [0.29, 0.717) is 13.1 Å². The summed E-state index contributed by atoms with van der Waals surface area (Å²) in [4.78, 5) is 48.9. The van der Waals surface area contributed by atoms with Crippen molar-refractivity contribution in [1.29, 1.82) is 0 Å². The van der Waals surface area contributed by atoms with Crippen LogP contribution in [-0.4, -0.2) is 49.1 Å². The van der Waals surface area contributed by atoms with Gasteiger partial charge in [0, 0.05) is 24.9 Å². The zero-order valence-corrected chi connectivity index (χ0v) is 19.5. The highest BCUT2D eigenvalue weighted by Gasteiger charge is 2.33. The minimum absolute atomic E-state index is 0.0606. The summed E-state index contributed by atoms with van der Waals surface area (Å²) >= 11 is 0. The van der Waals surface area contributed by atoms with Gasteiger partial charge in [0.1, 0.15) is 23.4 Å². The number of nitrogens with one attached hydrogen (secondary N) is 2. The summed E-state index contributed by atoms with van der Waals surface area (Å²) in [6, 6.07) is 0. The molecule has 8 nitrogen and oxygen atoms in total. The topological polar surface area (TPSA) is 111 Å². The summed E-state index contributed by atoms with van der Waals surface area (Å²) < 4.78 is 10.6. The number of carbonyl (C=O) groups excluding carboxylic acids is 4. The maximum Gasteiger partial charge on any atom is 0.344 e. The third-order valence-corrected chi connectivity index (χ3v) is 6.31. The molecule has 2 N–H and O–H groups in total. The van der Waals surface area contributed by atoms with Crippen LogP contribution in [0.5, 0.6) is 0 Å². The normalized spacial score (nSPS) is 26.1. The van der Waals surface area contributed by atoms with Gasteiger partial charge < -0.3 is 20.1 Å². The summed E-state index contributed by atoms with van der Waals surface area (Å²) in [5, 5.41) is 5.58. The molecule has 4 aliphatic rings. The molecular formula is C27H30N2O6. The molecule has 0 aromatic carbocycles. The summed E-state index contributed by atoms with van der Waals surface area (Å²) in [6.45, 7) is 0.957. The second-order valence-electron chi connectivity index (χ2n) is 8.87. The van der Waals surface area contributed by atoms with E-state index in [-0.39, 0.29) is 35.2 Å². The first-order valence-electron chi connectivity index (χ1n) is 12.1. The predicted molar refractivity (Wildman–Crippen MR) is 129 cm³/mol. The van der Waals surface area contributed by atoms with E-state index < -0.39 is 23.8 Å². The lowest BCUT2D eigenvalue weighted by Gasteiger charge is -2.27. The Morgan fingerprint density at radius 1 is 0.629 bits per heavy atom. The molecule has 8 heteroatoms. The Hall–Kier alpha value is -3.68. The number of esters is 2. The van der Waals surface area contributed by atoms with Crippen LogP contribution in [0.2, 0.25) is 0 Å². The van der Waals surface area contributed by atoms with Crippen LogP contribution in [0.4, 0.5) is 0 Å². The highest BCUT2D eigenvalue weighted by atomic mass is 16.5. The number of amides is 2. The second kappa shape index (κ2) is 11.6. The number of unbranched alkanes of at least 4 members (excludes halogenated alkanes) is 4. The summed E-state index contributed by atoms with van der Waals surface area (Å²) in [5.41, 5.74) is 0.121. The quantitative estimate of drug-likeness (QED) is 0.283. The number of hydrogen-bond donors (Lipinski definition) is 2. The minimum Gasteiger partial charge on any atom is -0.453 e. The molecule has 0 fully saturated rings. The zero-order chi connectivity index (χ0) is 24.6. The van der Waals surface area contributed by atoms with E-state index in [9.17, 15) is 19.2 Å². The average molecular weight is 479 g/mol. The van der Waals surface area contributed by atoms with Crippen LogP contribution >= 0.6 is 0 Å². The van der Waals surface area contributed by atoms with Crippen molar-refractivity contribution in [3.05, 3.63) is 71.9 Å². The van der Waals surface area contributed by atoms with Crippen LogP contribution in [0.3, 0.4) is 0 Å². The molecule has 0 aromatic rings. The van der Waals surface area contributed by atoms with Crippen LogP contribution in [0.25, 0.3) is 0 Å². The fourth-order valence-corrected chi connectivity index (χ4v) is 4.35. The summed E-state index contributed by atoms with van der Waals surface area (Å²) in [7, 11) is 0. The van der Waals surface area contributed by atoms with Crippen LogP contribution < -0.4 is 10.6 Å². The van der Waals surface area contributed by atoms with Gasteiger partial charge in [-0.3, -0.25) is 9.59 Å². The van der Waals surface area contributed by atoms with Gasteiger partial charge in [-0.05, 0) is 25.0 Å². The van der Waals surface area contributed by atoms with Gasteiger partial charge in [0.25, 0.3) is 11.8 Å². The average Bonchev–Trinajstić information content (AvgIpc) is 2.86. The molecule has 4 atom stereocenters. The van der Waals surface area contributed by atoms with Gasteiger partial charge in [-0.2, -0.15) is 0 Å². The maximum absolute atomic E-state index is 12.3. The van der Waals surface area contributed by atoms with Gasteiger partial charge in [-0.15, -0.1) is 0 Å². The number of rotatable bonds is 10. The first kappa shape index (κ1) is 24.4. The predicted octanol–water partition coefficient (Wildman–Crippen LogP) is 2.36. The van der Waals surface area contributed by atoms with Crippen molar-refractivity contribution in [2.75, 3.05) is 13.1 Å². The standard InChI is InChI=1S/C27H30N2O6/c30-24(20-16-18-10-4-6-12-22(18)34-26(20)32)28-14-8-2-1-3-9-15-29-25(31)21-17-19-11-5-7-13-23(19)35-27(21)33/h4-7,10-13,16-19,22-23H,1-3,8-9,14-15H2,(H,28,30)(H,29,31). The second-order valence-corrected chi connectivity index (χ2v) is 8.87. The molecule has 35 heavy (non-hydrogen) atoms. The third kappa shape index (κ3) is 6.26. The molecule has 4 rings (SSSR count).